The number of carbonyl (C=O) groups excluding carboxylic acids is 1. The van der Waals surface area contributed by atoms with Gasteiger partial charge in [-0.05, 0) is 54.7 Å². The van der Waals surface area contributed by atoms with E-state index in [1.807, 2.05) is 31.2 Å². The molecule has 1 saturated heterocycles. The first kappa shape index (κ1) is 22.2. The minimum Gasteiger partial charge on any atom is -0.489 e. The third-order valence-electron chi connectivity index (χ3n) is 5.35. The van der Waals surface area contributed by atoms with Crippen LogP contribution in [0.2, 0.25) is 0 Å². The van der Waals surface area contributed by atoms with Crippen LogP contribution in [0.3, 0.4) is 0 Å². The fraction of sp³-hybridized carbons (Fsp3) is 0.381. The third-order valence-corrected chi connectivity index (χ3v) is 7.21. The number of aliphatic hydroxyl groups excluding tert-OH is 1. The Kier molecular flexibility index (Phi) is 6.77. The van der Waals surface area contributed by atoms with Crippen LogP contribution in [0.15, 0.2) is 53.4 Å². The smallest absolute Gasteiger partial charge is 0.262 e. The van der Waals surface area contributed by atoms with E-state index in [4.69, 9.17) is 9.94 Å². The number of piperidine rings is 1. The summed E-state index contributed by atoms with van der Waals surface area (Å²) in [6.45, 7) is 3.78. The molecule has 3 rings (SSSR count). The average Bonchev–Trinajstić information content (AvgIpc) is 2.72. The highest BCUT2D eigenvalue weighted by atomic mass is 32.2. The Balaban J connectivity index is 1.79. The van der Waals surface area contributed by atoms with Crippen LogP contribution in [-0.2, 0) is 21.4 Å². The van der Waals surface area contributed by atoms with Crippen molar-refractivity contribution in [1.82, 2.24) is 9.79 Å². The maximum atomic E-state index is 13.2. The third kappa shape index (κ3) is 4.65. The molecule has 162 valence electrons. The predicted molar refractivity (Wildman–Crippen MR) is 109 cm³/mol. The summed E-state index contributed by atoms with van der Waals surface area (Å²) >= 11 is 0. The number of ether oxygens (including phenoxy) is 1. The number of carbonyl (C=O) groups is 1. The van der Waals surface area contributed by atoms with Gasteiger partial charge < -0.3 is 9.84 Å². The van der Waals surface area contributed by atoms with Gasteiger partial charge in [0.15, 0.2) is 0 Å². The van der Waals surface area contributed by atoms with E-state index in [0.29, 0.717) is 12.4 Å². The molecule has 0 unspecified atom stereocenters. The Bertz CT molecular complexity index is 993. The van der Waals surface area contributed by atoms with E-state index in [0.717, 1.165) is 15.4 Å². The Morgan fingerprint density at radius 3 is 2.50 bits per heavy atom. The molecule has 0 radical (unpaired) electrons. The van der Waals surface area contributed by atoms with E-state index in [1.165, 1.54) is 17.6 Å². The summed E-state index contributed by atoms with van der Waals surface area (Å²) in [7, 11) is -4.08. The number of β-amino-alcohol motifs (C(OH)–C–C–N with tert-alkyl or cyclic N) is 1. The van der Waals surface area contributed by atoms with E-state index in [2.05, 4.69) is 0 Å². The van der Waals surface area contributed by atoms with Gasteiger partial charge in [0.25, 0.3) is 5.91 Å². The number of aliphatic hydroxyl groups is 1. The molecule has 8 nitrogen and oxygen atoms in total. The van der Waals surface area contributed by atoms with Gasteiger partial charge in [0.1, 0.15) is 18.4 Å². The van der Waals surface area contributed by atoms with Gasteiger partial charge in [0.2, 0.25) is 10.0 Å². The first-order valence-corrected chi connectivity index (χ1v) is 11.1. The molecule has 2 aromatic rings. The Morgan fingerprint density at radius 2 is 1.87 bits per heavy atom. The molecule has 2 aromatic carbocycles. The summed E-state index contributed by atoms with van der Waals surface area (Å²) in [5.41, 5.74) is 3.66. The number of hydroxylamine groups is 1. The number of sulfonamides is 1. The molecule has 1 aliphatic heterocycles. The van der Waals surface area contributed by atoms with Gasteiger partial charge in [-0.2, -0.15) is 4.31 Å². The zero-order valence-electron chi connectivity index (χ0n) is 16.9. The SMILES string of the molecule is Cc1ccccc1COc1ccc(S(=O)(=O)N2C[C@H](O)C[C@@H](C)[C@@H]2C(=O)NO)cc1. The summed E-state index contributed by atoms with van der Waals surface area (Å²) in [5.74, 6) is -0.780. The van der Waals surface area contributed by atoms with Crippen LogP contribution in [0.1, 0.15) is 24.5 Å². The fourth-order valence-corrected chi connectivity index (χ4v) is 5.44. The number of nitrogens with one attached hydrogen (secondary N) is 1. The fourth-order valence-electron chi connectivity index (χ4n) is 3.72. The molecule has 1 aliphatic rings. The summed E-state index contributed by atoms with van der Waals surface area (Å²) in [4.78, 5) is 12.1. The Hall–Kier alpha value is -2.46. The van der Waals surface area contributed by atoms with E-state index in [-0.39, 0.29) is 17.9 Å². The van der Waals surface area contributed by atoms with Gasteiger partial charge in [-0.3, -0.25) is 10.0 Å². The largest absolute Gasteiger partial charge is 0.489 e. The summed E-state index contributed by atoms with van der Waals surface area (Å²) < 4.78 is 33.0. The van der Waals surface area contributed by atoms with Gasteiger partial charge in [-0.15, -0.1) is 0 Å². The zero-order valence-corrected chi connectivity index (χ0v) is 17.7. The maximum Gasteiger partial charge on any atom is 0.262 e. The lowest BCUT2D eigenvalue weighted by molar-refractivity contribution is -0.137. The molecule has 0 spiro atoms. The van der Waals surface area contributed by atoms with Crippen LogP contribution < -0.4 is 10.2 Å². The highest BCUT2D eigenvalue weighted by molar-refractivity contribution is 7.89. The summed E-state index contributed by atoms with van der Waals surface area (Å²) in [6.07, 6.45) is -0.635. The lowest BCUT2D eigenvalue weighted by atomic mass is 9.91. The van der Waals surface area contributed by atoms with E-state index >= 15 is 0 Å². The number of benzene rings is 2. The molecule has 1 amide bonds. The molecule has 0 bridgehead atoms. The molecule has 0 aliphatic carbocycles. The molecule has 30 heavy (non-hydrogen) atoms. The second-order valence-corrected chi connectivity index (χ2v) is 9.44. The van der Waals surface area contributed by atoms with Crippen molar-refractivity contribution in [2.45, 2.75) is 43.9 Å². The second-order valence-electron chi connectivity index (χ2n) is 7.55. The van der Waals surface area contributed by atoms with Gasteiger partial charge in [-0.1, -0.05) is 31.2 Å². The van der Waals surface area contributed by atoms with Crippen LogP contribution in [0.25, 0.3) is 0 Å². The molecule has 0 saturated carbocycles. The van der Waals surface area contributed by atoms with E-state index < -0.39 is 34.0 Å². The Morgan fingerprint density at radius 1 is 1.20 bits per heavy atom. The molecule has 9 heteroatoms. The maximum absolute atomic E-state index is 13.2. The second kappa shape index (κ2) is 9.13. The topological polar surface area (TPSA) is 116 Å². The van der Waals surface area contributed by atoms with Crippen LogP contribution in [0.5, 0.6) is 5.75 Å². The van der Waals surface area contributed by atoms with Crippen molar-refractivity contribution in [1.29, 1.82) is 0 Å². The summed E-state index contributed by atoms with van der Waals surface area (Å²) in [5, 5.41) is 19.1. The highest BCUT2D eigenvalue weighted by Gasteiger charge is 2.44. The van der Waals surface area contributed by atoms with Crippen molar-refractivity contribution in [3.05, 3.63) is 59.7 Å². The van der Waals surface area contributed by atoms with Crippen LogP contribution in [-0.4, -0.2) is 47.6 Å². The standard InChI is InChI=1S/C21H26N2O6S/c1-14-5-3-4-6-16(14)13-29-18-7-9-19(10-8-18)30(27,28)23-12-17(24)11-15(2)20(23)21(25)22-26/h3-10,15,17,20,24,26H,11-13H2,1-2H3,(H,22,25)/t15-,17-,20-/m1/s1. The highest BCUT2D eigenvalue weighted by Crippen LogP contribution is 2.30. The zero-order chi connectivity index (χ0) is 21.9. The van der Waals surface area contributed by atoms with Gasteiger partial charge in [0, 0.05) is 6.54 Å². The van der Waals surface area contributed by atoms with Crippen molar-refractivity contribution < 1.29 is 28.3 Å². The Labute approximate surface area is 176 Å². The minimum atomic E-state index is -4.08. The van der Waals surface area contributed by atoms with Gasteiger partial charge in [0.05, 0.1) is 11.0 Å². The molecule has 0 aromatic heterocycles. The number of hydrogen-bond acceptors (Lipinski definition) is 6. The molecular formula is C21H26N2O6S. The first-order chi connectivity index (χ1) is 14.2. The predicted octanol–water partition coefficient (Wildman–Crippen LogP) is 1.84. The van der Waals surface area contributed by atoms with Crippen molar-refractivity contribution in [2.75, 3.05) is 6.54 Å². The number of rotatable bonds is 6. The van der Waals surface area contributed by atoms with Gasteiger partial charge >= 0.3 is 0 Å². The monoisotopic (exact) mass is 434 g/mol. The average molecular weight is 435 g/mol. The van der Waals surface area contributed by atoms with Crippen molar-refractivity contribution in [3.63, 3.8) is 0 Å². The minimum absolute atomic E-state index is 0.0252. The van der Waals surface area contributed by atoms with Crippen LogP contribution in [0, 0.1) is 12.8 Å². The van der Waals surface area contributed by atoms with Crippen molar-refractivity contribution >= 4 is 15.9 Å². The number of amides is 1. The number of nitrogens with zero attached hydrogens (tertiary/aromatic N) is 1. The summed E-state index contributed by atoms with van der Waals surface area (Å²) in [6, 6.07) is 12.6. The van der Waals surface area contributed by atoms with E-state index in [1.54, 1.807) is 19.1 Å². The van der Waals surface area contributed by atoms with Gasteiger partial charge in [-0.25, -0.2) is 13.9 Å². The number of hydrogen-bond donors (Lipinski definition) is 3. The molecule has 3 atom stereocenters. The van der Waals surface area contributed by atoms with Crippen LogP contribution >= 0.6 is 0 Å². The lowest BCUT2D eigenvalue weighted by Crippen LogP contribution is -2.58. The molecular weight excluding hydrogens is 408 g/mol. The normalized spacial score (nSPS) is 22.5. The van der Waals surface area contributed by atoms with Crippen molar-refractivity contribution in [3.8, 4) is 5.75 Å². The van der Waals surface area contributed by atoms with Crippen LogP contribution in [0.4, 0.5) is 0 Å². The van der Waals surface area contributed by atoms with Crippen molar-refractivity contribution in [2.24, 2.45) is 5.92 Å². The lowest BCUT2D eigenvalue weighted by Gasteiger charge is -2.39. The first-order valence-electron chi connectivity index (χ1n) is 9.65. The molecule has 1 heterocycles. The molecule has 3 N–H and O–H groups in total. The van der Waals surface area contributed by atoms with E-state index in [9.17, 15) is 18.3 Å². The quantitative estimate of drug-likeness (QED) is 0.472. The number of aryl methyl sites for hydroxylation is 1. The molecule has 1 fully saturated rings.